The number of benzene rings is 2. The number of hydrogen-bond donors (Lipinski definition) is 2. The van der Waals surface area contributed by atoms with E-state index in [2.05, 4.69) is 23.9 Å². The summed E-state index contributed by atoms with van der Waals surface area (Å²) in [6, 6.07) is 12.5. The summed E-state index contributed by atoms with van der Waals surface area (Å²) in [5.41, 5.74) is 0.247. The number of halogens is 3. The highest BCUT2D eigenvalue weighted by atomic mass is 19.4. The molecule has 0 unspecified atom stereocenters. The molecule has 5 nitrogen and oxygen atoms in total. The monoisotopic (exact) mass is 439 g/mol. The maximum absolute atomic E-state index is 12.3. The second kappa shape index (κ2) is 9.60. The smallest absolute Gasteiger partial charge is 0.493 e. The predicted octanol–water partition coefficient (Wildman–Crippen LogP) is 5.43. The van der Waals surface area contributed by atoms with E-state index in [4.69, 9.17) is 4.74 Å². The van der Waals surface area contributed by atoms with Crippen molar-refractivity contribution in [2.75, 3.05) is 11.9 Å². The molecule has 2 aromatic carbocycles. The fourth-order valence-corrected chi connectivity index (χ4v) is 3.44. The van der Waals surface area contributed by atoms with Crippen molar-refractivity contribution < 1.29 is 32.5 Å². The number of nitrogens with one attached hydrogen (secondary N) is 1. The third kappa shape index (κ3) is 8.88. The number of carbonyl (C=O) groups excluding carboxylic acids is 1. The highest BCUT2D eigenvalue weighted by Gasteiger charge is 2.31. The van der Waals surface area contributed by atoms with E-state index in [1.807, 2.05) is 12.1 Å². The zero-order valence-electron chi connectivity index (χ0n) is 18.0. The Morgan fingerprint density at radius 2 is 1.65 bits per heavy atom. The third-order valence-corrected chi connectivity index (χ3v) is 4.46. The van der Waals surface area contributed by atoms with Crippen LogP contribution in [0, 0.1) is 0 Å². The molecule has 1 amide bonds. The summed E-state index contributed by atoms with van der Waals surface area (Å²) in [5, 5.41) is 12.6. The van der Waals surface area contributed by atoms with Gasteiger partial charge in [0.2, 0.25) is 5.91 Å². The van der Waals surface area contributed by atoms with E-state index in [1.54, 1.807) is 26.0 Å². The van der Waals surface area contributed by atoms with Crippen LogP contribution in [-0.2, 0) is 10.2 Å². The number of aliphatic hydroxyl groups is 1. The van der Waals surface area contributed by atoms with Gasteiger partial charge in [-0.15, -0.1) is 13.2 Å². The normalized spacial score (nSPS) is 12.4. The number of alkyl halides is 3. The second-order valence-corrected chi connectivity index (χ2v) is 8.62. The van der Waals surface area contributed by atoms with Crippen LogP contribution in [0.4, 0.5) is 18.9 Å². The Balaban J connectivity index is 1.84. The van der Waals surface area contributed by atoms with Gasteiger partial charge in [0, 0.05) is 11.8 Å². The van der Waals surface area contributed by atoms with Crippen LogP contribution in [0.15, 0.2) is 48.5 Å². The lowest BCUT2D eigenvalue weighted by molar-refractivity contribution is -0.274. The lowest BCUT2D eigenvalue weighted by Gasteiger charge is -2.32. The van der Waals surface area contributed by atoms with Crippen LogP contribution < -0.4 is 14.8 Å². The SMILES string of the molecule is CC(C)(O)CC(C)(C)c1ccc(OCCC(=O)Nc2cccc(OC(F)(F)F)c2)cc1. The molecule has 0 bridgehead atoms. The molecule has 31 heavy (non-hydrogen) atoms. The van der Waals surface area contributed by atoms with Gasteiger partial charge in [-0.1, -0.05) is 32.0 Å². The van der Waals surface area contributed by atoms with Crippen molar-refractivity contribution in [1.82, 2.24) is 0 Å². The molecule has 2 N–H and O–H groups in total. The van der Waals surface area contributed by atoms with Gasteiger partial charge < -0.3 is 19.9 Å². The molecule has 0 atom stereocenters. The van der Waals surface area contributed by atoms with Crippen LogP contribution in [0.1, 0.15) is 46.1 Å². The molecule has 170 valence electrons. The minimum atomic E-state index is -4.80. The van der Waals surface area contributed by atoms with Gasteiger partial charge in [-0.25, -0.2) is 0 Å². The zero-order chi connectivity index (χ0) is 23.3. The Morgan fingerprint density at radius 3 is 2.23 bits per heavy atom. The average Bonchev–Trinajstić information content (AvgIpc) is 2.59. The topological polar surface area (TPSA) is 67.8 Å². The van der Waals surface area contributed by atoms with E-state index >= 15 is 0 Å². The Morgan fingerprint density at radius 1 is 1.00 bits per heavy atom. The summed E-state index contributed by atoms with van der Waals surface area (Å²) < 4.78 is 46.3. The second-order valence-electron chi connectivity index (χ2n) is 8.62. The highest BCUT2D eigenvalue weighted by Crippen LogP contribution is 2.33. The van der Waals surface area contributed by atoms with Crippen molar-refractivity contribution in [1.29, 1.82) is 0 Å². The molecule has 0 saturated carbocycles. The summed E-state index contributed by atoms with van der Waals surface area (Å²) in [5.74, 6) is -0.211. The van der Waals surface area contributed by atoms with Gasteiger partial charge in [0.05, 0.1) is 18.6 Å². The molecule has 2 aromatic rings. The predicted molar refractivity (Wildman–Crippen MR) is 112 cm³/mol. The molecular formula is C23H28F3NO4. The Labute approximate surface area is 180 Å². The van der Waals surface area contributed by atoms with Crippen LogP contribution in [0.2, 0.25) is 0 Å². The van der Waals surface area contributed by atoms with Gasteiger partial charge in [-0.05, 0) is 55.5 Å². The van der Waals surface area contributed by atoms with Gasteiger partial charge in [-0.2, -0.15) is 0 Å². The largest absolute Gasteiger partial charge is 0.573 e. The Bertz CT molecular complexity index is 872. The van der Waals surface area contributed by atoms with E-state index in [1.165, 1.54) is 12.1 Å². The third-order valence-electron chi connectivity index (χ3n) is 4.46. The van der Waals surface area contributed by atoms with E-state index in [0.29, 0.717) is 12.2 Å². The first-order valence-corrected chi connectivity index (χ1v) is 9.85. The molecule has 0 saturated heterocycles. The molecule has 2 rings (SSSR count). The van der Waals surface area contributed by atoms with Crippen molar-refractivity contribution in [2.24, 2.45) is 0 Å². The molecule has 0 fully saturated rings. The van der Waals surface area contributed by atoms with Crippen LogP contribution >= 0.6 is 0 Å². The summed E-state index contributed by atoms with van der Waals surface area (Å²) in [4.78, 5) is 12.0. The van der Waals surface area contributed by atoms with E-state index < -0.39 is 23.6 Å². The Hall–Kier alpha value is -2.74. The number of ether oxygens (including phenoxy) is 2. The highest BCUT2D eigenvalue weighted by molar-refractivity contribution is 5.90. The van der Waals surface area contributed by atoms with Crippen LogP contribution in [0.25, 0.3) is 0 Å². The van der Waals surface area contributed by atoms with Crippen molar-refractivity contribution >= 4 is 11.6 Å². The Kier molecular flexibility index (Phi) is 7.59. The summed E-state index contributed by atoms with van der Waals surface area (Å²) >= 11 is 0. The first-order valence-electron chi connectivity index (χ1n) is 9.85. The van der Waals surface area contributed by atoms with Gasteiger partial charge in [-0.3, -0.25) is 4.79 Å². The van der Waals surface area contributed by atoms with Crippen molar-refractivity contribution in [3.63, 3.8) is 0 Å². The zero-order valence-corrected chi connectivity index (χ0v) is 18.0. The molecular weight excluding hydrogens is 411 g/mol. The minimum Gasteiger partial charge on any atom is -0.493 e. The number of carbonyl (C=O) groups is 1. The quantitative estimate of drug-likeness (QED) is 0.547. The van der Waals surface area contributed by atoms with Crippen LogP contribution in [-0.4, -0.2) is 29.6 Å². The fraction of sp³-hybridized carbons (Fsp3) is 0.435. The van der Waals surface area contributed by atoms with Crippen LogP contribution in [0.5, 0.6) is 11.5 Å². The van der Waals surface area contributed by atoms with Crippen molar-refractivity contribution in [3.05, 3.63) is 54.1 Å². The van der Waals surface area contributed by atoms with Gasteiger partial charge in [0.1, 0.15) is 11.5 Å². The minimum absolute atomic E-state index is 0.0241. The van der Waals surface area contributed by atoms with Crippen molar-refractivity contribution in [3.8, 4) is 11.5 Å². The average molecular weight is 439 g/mol. The van der Waals surface area contributed by atoms with Gasteiger partial charge in [0.25, 0.3) is 0 Å². The number of hydrogen-bond acceptors (Lipinski definition) is 4. The standard InChI is InChI=1S/C23H28F3NO4/c1-21(2,15-22(3,4)29)16-8-10-18(11-9-16)30-13-12-20(28)27-17-6-5-7-19(14-17)31-23(24,25)26/h5-11,14,29H,12-13,15H2,1-4H3,(H,27,28). The summed E-state index contributed by atoms with van der Waals surface area (Å²) in [7, 11) is 0. The van der Waals surface area contributed by atoms with Gasteiger partial charge in [0.15, 0.2) is 0 Å². The maximum Gasteiger partial charge on any atom is 0.573 e. The van der Waals surface area contributed by atoms with E-state index in [9.17, 15) is 23.1 Å². The molecule has 0 spiro atoms. The maximum atomic E-state index is 12.3. The number of rotatable bonds is 9. The number of anilines is 1. The number of amides is 1. The molecule has 0 aliphatic carbocycles. The fourth-order valence-electron chi connectivity index (χ4n) is 3.44. The van der Waals surface area contributed by atoms with E-state index in [0.717, 1.165) is 17.7 Å². The molecule has 8 heteroatoms. The molecule has 0 radical (unpaired) electrons. The van der Waals surface area contributed by atoms with Gasteiger partial charge >= 0.3 is 6.36 Å². The van der Waals surface area contributed by atoms with E-state index in [-0.39, 0.29) is 24.1 Å². The molecule has 0 aliphatic rings. The first kappa shape index (κ1) is 24.5. The molecule has 0 aliphatic heterocycles. The molecule has 0 aromatic heterocycles. The first-order chi connectivity index (χ1) is 14.2. The summed E-state index contributed by atoms with van der Waals surface area (Å²) in [6.45, 7) is 7.77. The molecule has 0 heterocycles. The van der Waals surface area contributed by atoms with Crippen LogP contribution in [0.3, 0.4) is 0 Å². The lowest BCUT2D eigenvalue weighted by Crippen LogP contribution is -2.31. The summed E-state index contributed by atoms with van der Waals surface area (Å²) in [6.07, 6.45) is -4.18. The lowest BCUT2D eigenvalue weighted by atomic mass is 9.76. The van der Waals surface area contributed by atoms with Crippen molar-refractivity contribution in [2.45, 2.75) is 57.9 Å².